The summed E-state index contributed by atoms with van der Waals surface area (Å²) in [6, 6.07) is 0. The SMILES string of the molecule is C=C(C)/C(C)=C(C)\C(C)=C(/C)N(C)C(C)(CC)CC(C)CC(C)(CC)C(C)(C)C. The Bertz CT molecular complexity index is 627. The highest BCUT2D eigenvalue weighted by Crippen LogP contribution is 2.47. The van der Waals surface area contributed by atoms with Crippen molar-refractivity contribution in [1.82, 2.24) is 4.90 Å². The summed E-state index contributed by atoms with van der Waals surface area (Å²) in [6.07, 6.45) is 4.89. The molecule has 3 unspecified atom stereocenters. The highest BCUT2D eigenvalue weighted by molar-refractivity contribution is 5.41. The summed E-state index contributed by atoms with van der Waals surface area (Å²) < 4.78 is 0. The minimum Gasteiger partial charge on any atom is -0.372 e. The molecule has 3 atom stereocenters. The van der Waals surface area contributed by atoms with Crippen molar-refractivity contribution in [3.8, 4) is 0 Å². The van der Waals surface area contributed by atoms with Crippen LogP contribution in [-0.4, -0.2) is 17.5 Å². The third-order valence-electron chi connectivity index (χ3n) is 8.56. The molecule has 0 amide bonds. The summed E-state index contributed by atoms with van der Waals surface area (Å²) in [5.41, 5.74) is 7.46. The van der Waals surface area contributed by atoms with Crippen LogP contribution in [0.25, 0.3) is 0 Å². The van der Waals surface area contributed by atoms with E-state index < -0.39 is 0 Å². The van der Waals surface area contributed by atoms with Gasteiger partial charge < -0.3 is 4.90 Å². The zero-order valence-electron chi connectivity index (χ0n) is 22.6. The Morgan fingerprint density at radius 1 is 0.793 bits per heavy atom. The number of hydrogen-bond acceptors (Lipinski definition) is 1. The van der Waals surface area contributed by atoms with Gasteiger partial charge in [-0.25, -0.2) is 0 Å². The molecule has 170 valence electrons. The molecule has 1 heteroatoms. The van der Waals surface area contributed by atoms with Gasteiger partial charge >= 0.3 is 0 Å². The third-order valence-corrected chi connectivity index (χ3v) is 8.56. The molecule has 29 heavy (non-hydrogen) atoms. The first-order valence-electron chi connectivity index (χ1n) is 11.7. The monoisotopic (exact) mass is 403 g/mol. The van der Waals surface area contributed by atoms with Crippen molar-refractivity contribution in [3.05, 3.63) is 34.6 Å². The Kier molecular flexibility index (Phi) is 10.0. The fraction of sp³-hybridized carbons (Fsp3) is 0.786. The van der Waals surface area contributed by atoms with Crippen molar-refractivity contribution in [2.75, 3.05) is 7.05 Å². The summed E-state index contributed by atoms with van der Waals surface area (Å²) in [6.45, 7) is 34.5. The van der Waals surface area contributed by atoms with Crippen LogP contribution in [0.15, 0.2) is 34.6 Å². The molecule has 0 saturated carbocycles. The third kappa shape index (κ3) is 6.76. The van der Waals surface area contributed by atoms with Crippen LogP contribution in [0, 0.1) is 16.7 Å². The molecule has 0 spiro atoms. The standard InChI is InChI=1S/C28H53N/c1-16-27(13,26(10,11)12)18-21(5)19-28(14,17-2)29(15)25(9)24(8)23(7)22(6)20(3)4/h21H,3,16-19H2,1-2,4-15H3/b23-22-,25-24+. The van der Waals surface area contributed by atoms with Gasteiger partial charge in [0.05, 0.1) is 0 Å². The van der Waals surface area contributed by atoms with Gasteiger partial charge in [-0.2, -0.15) is 0 Å². The predicted octanol–water partition coefficient (Wildman–Crippen LogP) is 9.17. The van der Waals surface area contributed by atoms with Gasteiger partial charge in [0.1, 0.15) is 0 Å². The van der Waals surface area contributed by atoms with Crippen LogP contribution in [0.1, 0.15) is 116 Å². The van der Waals surface area contributed by atoms with Crippen LogP contribution >= 0.6 is 0 Å². The summed E-state index contributed by atoms with van der Waals surface area (Å²) in [5.74, 6) is 0.688. The first-order valence-corrected chi connectivity index (χ1v) is 11.7. The predicted molar refractivity (Wildman–Crippen MR) is 134 cm³/mol. The summed E-state index contributed by atoms with van der Waals surface area (Å²) in [4.78, 5) is 2.55. The molecule has 0 aliphatic carbocycles. The van der Waals surface area contributed by atoms with Gasteiger partial charge in [0.15, 0.2) is 0 Å². The lowest BCUT2D eigenvalue weighted by atomic mass is 9.61. The molecule has 0 rings (SSSR count). The van der Waals surface area contributed by atoms with E-state index in [4.69, 9.17) is 0 Å². The van der Waals surface area contributed by atoms with Crippen molar-refractivity contribution in [2.45, 2.75) is 121 Å². The number of allylic oxidation sites excluding steroid dienone is 5. The van der Waals surface area contributed by atoms with Gasteiger partial charge in [0.2, 0.25) is 0 Å². The van der Waals surface area contributed by atoms with E-state index in [9.17, 15) is 0 Å². The van der Waals surface area contributed by atoms with Gasteiger partial charge in [-0.15, -0.1) is 0 Å². The molecule has 0 saturated heterocycles. The molecule has 0 fully saturated rings. The first-order chi connectivity index (χ1) is 13.0. The Balaban J connectivity index is 5.78. The van der Waals surface area contributed by atoms with Crippen LogP contribution in [0.5, 0.6) is 0 Å². The highest BCUT2D eigenvalue weighted by atomic mass is 15.2. The van der Waals surface area contributed by atoms with Gasteiger partial charge in [-0.3, -0.25) is 0 Å². The maximum atomic E-state index is 4.13. The molecule has 0 bridgehead atoms. The number of hydrogen-bond donors (Lipinski definition) is 0. The van der Waals surface area contributed by atoms with E-state index in [1.807, 2.05) is 0 Å². The van der Waals surface area contributed by atoms with Crippen LogP contribution in [0.3, 0.4) is 0 Å². The molecule has 0 aliphatic rings. The molecular formula is C28H53N. The van der Waals surface area contributed by atoms with Crippen LogP contribution < -0.4 is 0 Å². The minimum atomic E-state index is 0.161. The average Bonchev–Trinajstić information content (AvgIpc) is 2.63. The Hall–Kier alpha value is -0.980. The molecule has 0 aromatic carbocycles. The second-order valence-corrected chi connectivity index (χ2v) is 11.3. The van der Waals surface area contributed by atoms with E-state index in [-0.39, 0.29) is 5.54 Å². The molecule has 0 N–H and O–H groups in total. The van der Waals surface area contributed by atoms with Crippen molar-refractivity contribution >= 4 is 0 Å². The van der Waals surface area contributed by atoms with E-state index in [1.165, 1.54) is 41.7 Å². The molecule has 0 heterocycles. The first kappa shape index (κ1) is 28.0. The Morgan fingerprint density at radius 2 is 1.28 bits per heavy atom. The summed E-state index contributed by atoms with van der Waals surface area (Å²) in [5, 5.41) is 0. The fourth-order valence-corrected chi connectivity index (χ4v) is 4.62. The van der Waals surface area contributed by atoms with Crippen molar-refractivity contribution in [1.29, 1.82) is 0 Å². The second kappa shape index (κ2) is 10.4. The molecule has 0 aromatic rings. The molecule has 1 nitrogen and oxygen atoms in total. The Morgan fingerprint density at radius 3 is 1.62 bits per heavy atom. The van der Waals surface area contributed by atoms with Crippen LogP contribution in [0.2, 0.25) is 0 Å². The van der Waals surface area contributed by atoms with E-state index >= 15 is 0 Å². The van der Waals surface area contributed by atoms with Crippen molar-refractivity contribution in [2.24, 2.45) is 16.7 Å². The van der Waals surface area contributed by atoms with Crippen molar-refractivity contribution < 1.29 is 0 Å². The normalized spacial score (nSPS) is 19.5. The number of nitrogens with zero attached hydrogens (tertiary/aromatic N) is 1. The average molecular weight is 404 g/mol. The minimum absolute atomic E-state index is 0.161. The van der Waals surface area contributed by atoms with Gasteiger partial charge in [-0.1, -0.05) is 67.0 Å². The largest absolute Gasteiger partial charge is 0.372 e. The van der Waals surface area contributed by atoms with E-state index in [1.54, 1.807) is 0 Å². The zero-order chi connectivity index (χ0) is 23.4. The van der Waals surface area contributed by atoms with Gasteiger partial charge in [0, 0.05) is 18.3 Å². The topological polar surface area (TPSA) is 3.24 Å². The lowest BCUT2D eigenvalue weighted by molar-refractivity contribution is 0.0526. The lowest BCUT2D eigenvalue weighted by Crippen LogP contribution is -2.45. The van der Waals surface area contributed by atoms with E-state index in [0.717, 1.165) is 12.0 Å². The lowest BCUT2D eigenvalue weighted by Gasteiger charge is -2.47. The van der Waals surface area contributed by atoms with E-state index in [0.29, 0.717) is 16.7 Å². The second-order valence-electron chi connectivity index (χ2n) is 11.3. The molecule has 0 radical (unpaired) electrons. The summed E-state index contributed by atoms with van der Waals surface area (Å²) in [7, 11) is 2.29. The molecular weight excluding hydrogens is 350 g/mol. The molecule has 0 aromatic heterocycles. The maximum Gasteiger partial charge on any atom is 0.0367 e. The highest BCUT2D eigenvalue weighted by Gasteiger charge is 2.39. The quantitative estimate of drug-likeness (QED) is 0.328. The maximum absolute atomic E-state index is 4.13. The Labute approximate surface area is 184 Å². The van der Waals surface area contributed by atoms with Gasteiger partial charge in [-0.05, 0) is 94.3 Å². The molecule has 0 aliphatic heterocycles. The summed E-state index contributed by atoms with van der Waals surface area (Å²) >= 11 is 0. The fourth-order valence-electron chi connectivity index (χ4n) is 4.62. The van der Waals surface area contributed by atoms with Gasteiger partial charge in [0.25, 0.3) is 0 Å². The van der Waals surface area contributed by atoms with Crippen molar-refractivity contribution in [3.63, 3.8) is 0 Å². The zero-order valence-corrected chi connectivity index (χ0v) is 22.6. The van der Waals surface area contributed by atoms with Crippen LogP contribution in [0.4, 0.5) is 0 Å². The number of rotatable bonds is 10. The van der Waals surface area contributed by atoms with E-state index in [2.05, 4.69) is 109 Å². The van der Waals surface area contributed by atoms with Crippen LogP contribution in [-0.2, 0) is 0 Å². The smallest absolute Gasteiger partial charge is 0.0367 e.